The third-order valence-electron chi connectivity index (χ3n) is 4.09. The molecular weight excluding hydrogens is 240 g/mol. The predicted molar refractivity (Wildman–Crippen MR) is 73.0 cm³/mol. The van der Waals surface area contributed by atoms with Gasteiger partial charge in [0.1, 0.15) is 5.52 Å². The van der Waals surface area contributed by atoms with Crippen LogP contribution >= 0.6 is 0 Å². The molecule has 19 heavy (non-hydrogen) atoms. The third-order valence-corrected chi connectivity index (χ3v) is 4.09. The van der Waals surface area contributed by atoms with Crippen LogP contribution in [0, 0.1) is 11.8 Å². The summed E-state index contributed by atoms with van der Waals surface area (Å²) in [6.45, 7) is 1.47. The number of aromatic nitrogens is 3. The van der Waals surface area contributed by atoms with Crippen molar-refractivity contribution >= 4 is 5.52 Å². The average molecular weight is 260 g/mol. The molecule has 0 saturated heterocycles. The van der Waals surface area contributed by atoms with Crippen LogP contribution in [0.3, 0.4) is 0 Å². The van der Waals surface area contributed by atoms with Crippen LogP contribution in [-0.2, 0) is 0 Å². The lowest BCUT2D eigenvalue weighted by Crippen LogP contribution is -2.30. The van der Waals surface area contributed by atoms with Gasteiger partial charge in [-0.15, -0.1) is 0 Å². The van der Waals surface area contributed by atoms with Crippen LogP contribution in [0.1, 0.15) is 25.7 Å². The highest BCUT2D eigenvalue weighted by atomic mass is 16.5. The van der Waals surface area contributed by atoms with Gasteiger partial charge >= 0.3 is 0 Å². The molecule has 3 rings (SSSR count). The van der Waals surface area contributed by atoms with Gasteiger partial charge in [-0.3, -0.25) is 0 Å². The second kappa shape index (κ2) is 5.57. The Hall–Kier alpha value is -1.62. The highest BCUT2D eigenvalue weighted by molar-refractivity contribution is 5.54. The molecule has 0 amide bonds. The van der Waals surface area contributed by atoms with Crippen molar-refractivity contribution in [2.24, 2.45) is 17.6 Å². The minimum atomic E-state index is 0.559. The molecule has 5 nitrogen and oxygen atoms in total. The molecule has 0 aromatic carbocycles. The molecule has 1 saturated carbocycles. The van der Waals surface area contributed by atoms with Crippen LogP contribution in [0.4, 0.5) is 0 Å². The van der Waals surface area contributed by atoms with Crippen LogP contribution in [0.25, 0.3) is 5.52 Å². The average Bonchev–Trinajstić information content (AvgIpc) is 2.94. The van der Waals surface area contributed by atoms with Crippen molar-refractivity contribution in [3.05, 3.63) is 24.7 Å². The summed E-state index contributed by atoms with van der Waals surface area (Å²) in [5, 5.41) is 4.18. The first-order valence-corrected chi connectivity index (χ1v) is 6.99. The molecule has 1 fully saturated rings. The second-order valence-corrected chi connectivity index (χ2v) is 5.24. The molecule has 2 aromatic rings. The molecule has 0 spiro atoms. The fourth-order valence-electron chi connectivity index (χ4n) is 2.94. The largest absolute Gasteiger partial charge is 0.476 e. The summed E-state index contributed by atoms with van der Waals surface area (Å²) in [6, 6.07) is 1.92. The van der Waals surface area contributed by atoms with Crippen molar-refractivity contribution in [1.82, 2.24) is 14.6 Å². The molecular formula is C14H20N4O. The lowest BCUT2D eigenvalue weighted by Gasteiger charge is -2.30. The maximum absolute atomic E-state index is 5.92. The predicted octanol–water partition coefficient (Wildman–Crippen LogP) is 1.87. The highest BCUT2D eigenvalue weighted by Gasteiger charge is 2.24. The molecule has 0 radical (unpaired) electrons. The van der Waals surface area contributed by atoms with Gasteiger partial charge in [0.25, 0.3) is 0 Å². The zero-order valence-corrected chi connectivity index (χ0v) is 11.0. The molecule has 102 valence electrons. The highest BCUT2D eigenvalue weighted by Crippen LogP contribution is 2.30. The standard InChI is InChI=1S/C14H20N4O/c15-9-11-3-1-2-4-12(11)10-19-14-13-5-6-17-18(13)8-7-16-14/h5-8,11-12H,1-4,9-10,15H2. The molecule has 0 aliphatic heterocycles. The van der Waals surface area contributed by atoms with E-state index >= 15 is 0 Å². The van der Waals surface area contributed by atoms with Crippen LogP contribution in [0.5, 0.6) is 5.88 Å². The minimum Gasteiger partial charge on any atom is -0.476 e. The Labute approximate surface area is 112 Å². The van der Waals surface area contributed by atoms with Gasteiger partial charge in [0.2, 0.25) is 5.88 Å². The van der Waals surface area contributed by atoms with Crippen LogP contribution in [-0.4, -0.2) is 27.7 Å². The van der Waals surface area contributed by atoms with E-state index in [0.717, 1.165) is 12.1 Å². The molecule has 0 bridgehead atoms. The number of fused-ring (bicyclic) bond motifs is 1. The van der Waals surface area contributed by atoms with Gasteiger partial charge in [-0.25, -0.2) is 9.50 Å². The van der Waals surface area contributed by atoms with Gasteiger partial charge in [-0.2, -0.15) is 5.10 Å². The number of nitrogens with zero attached hydrogens (tertiary/aromatic N) is 3. The zero-order chi connectivity index (χ0) is 13.1. The second-order valence-electron chi connectivity index (χ2n) is 5.24. The molecule has 1 aliphatic rings. The Morgan fingerprint density at radius 3 is 2.95 bits per heavy atom. The number of ether oxygens (including phenoxy) is 1. The summed E-state index contributed by atoms with van der Waals surface area (Å²) in [5.41, 5.74) is 6.77. The smallest absolute Gasteiger partial charge is 0.240 e. The summed E-state index contributed by atoms with van der Waals surface area (Å²) in [4.78, 5) is 4.30. The molecule has 1 aliphatic carbocycles. The van der Waals surface area contributed by atoms with Crippen LogP contribution in [0.15, 0.2) is 24.7 Å². The molecule has 5 heteroatoms. The molecule has 2 heterocycles. The van der Waals surface area contributed by atoms with Gasteiger partial charge in [0.15, 0.2) is 0 Å². The summed E-state index contributed by atoms with van der Waals surface area (Å²) < 4.78 is 7.70. The number of hydrogen-bond acceptors (Lipinski definition) is 4. The minimum absolute atomic E-state index is 0.559. The summed E-state index contributed by atoms with van der Waals surface area (Å²) in [5.74, 6) is 1.82. The number of hydrogen-bond donors (Lipinski definition) is 1. The SMILES string of the molecule is NCC1CCCCC1COc1nccn2nccc12. The molecule has 2 N–H and O–H groups in total. The summed E-state index contributed by atoms with van der Waals surface area (Å²) in [6.07, 6.45) is 10.3. The van der Waals surface area contributed by atoms with E-state index in [1.54, 1.807) is 16.9 Å². The quantitative estimate of drug-likeness (QED) is 0.911. The van der Waals surface area contributed by atoms with Crippen LogP contribution < -0.4 is 10.5 Å². The fraction of sp³-hybridized carbons (Fsp3) is 0.571. The zero-order valence-electron chi connectivity index (χ0n) is 11.0. The number of nitrogens with two attached hydrogens (primary N) is 1. The summed E-state index contributed by atoms with van der Waals surface area (Å²) >= 11 is 0. The lowest BCUT2D eigenvalue weighted by molar-refractivity contribution is 0.150. The molecule has 2 atom stereocenters. The van der Waals surface area contributed by atoms with E-state index in [9.17, 15) is 0 Å². The normalized spacial score (nSPS) is 23.6. The van der Waals surface area contributed by atoms with E-state index in [2.05, 4.69) is 10.1 Å². The van der Waals surface area contributed by atoms with Crippen molar-refractivity contribution in [1.29, 1.82) is 0 Å². The van der Waals surface area contributed by atoms with E-state index in [0.29, 0.717) is 24.3 Å². The van der Waals surface area contributed by atoms with Gasteiger partial charge in [0, 0.05) is 12.4 Å². The monoisotopic (exact) mass is 260 g/mol. The maximum atomic E-state index is 5.92. The van der Waals surface area contributed by atoms with Crippen molar-refractivity contribution in [2.75, 3.05) is 13.2 Å². The Morgan fingerprint density at radius 1 is 1.26 bits per heavy atom. The lowest BCUT2D eigenvalue weighted by atomic mass is 9.80. The molecule has 2 unspecified atom stereocenters. The first-order chi connectivity index (χ1) is 9.38. The van der Waals surface area contributed by atoms with Crippen LogP contribution in [0.2, 0.25) is 0 Å². The van der Waals surface area contributed by atoms with Crippen molar-refractivity contribution in [2.45, 2.75) is 25.7 Å². The van der Waals surface area contributed by atoms with E-state index < -0.39 is 0 Å². The van der Waals surface area contributed by atoms with Crippen molar-refractivity contribution in [3.8, 4) is 5.88 Å². The fourth-order valence-corrected chi connectivity index (χ4v) is 2.94. The van der Waals surface area contributed by atoms with E-state index in [1.165, 1.54) is 25.7 Å². The maximum Gasteiger partial charge on any atom is 0.240 e. The van der Waals surface area contributed by atoms with Crippen molar-refractivity contribution in [3.63, 3.8) is 0 Å². The third kappa shape index (κ3) is 2.56. The first-order valence-electron chi connectivity index (χ1n) is 6.99. The van der Waals surface area contributed by atoms with E-state index in [1.807, 2.05) is 12.3 Å². The van der Waals surface area contributed by atoms with Crippen molar-refractivity contribution < 1.29 is 4.74 Å². The summed E-state index contributed by atoms with van der Waals surface area (Å²) in [7, 11) is 0. The topological polar surface area (TPSA) is 65.4 Å². The Kier molecular flexibility index (Phi) is 3.64. The van der Waals surface area contributed by atoms with Gasteiger partial charge in [0.05, 0.1) is 12.8 Å². The first kappa shape index (κ1) is 12.4. The van der Waals surface area contributed by atoms with Gasteiger partial charge in [-0.05, 0) is 37.3 Å². The molecule has 2 aromatic heterocycles. The Morgan fingerprint density at radius 2 is 2.11 bits per heavy atom. The van der Waals surface area contributed by atoms with Gasteiger partial charge in [-0.1, -0.05) is 12.8 Å². The number of rotatable bonds is 4. The van der Waals surface area contributed by atoms with E-state index in [-0.39, 0.29) is 0 Å². The Bertz CT molecular complexity index is 539. The Balaban J connectivity index is 1.69. The van der Waals surface area contributed by atoms with E-state index in [4.69, 9.17) is 10.5 Å². The van der Waals surface area contributed by atoms with Gasteiger partial charge < -0.3 is 10.5 Å².